The molecule has 0 amide bonds. The molecule has 3 rings (SSSR count). The van der Waals surface area contributed by atoms with Gasteiger partial charge in [0.2, 0.25) is 0 Å². The second-order valence-corrected chi connectivity index (χ2v) is 4.78. The minimum absolute atomic E-state index is 0.680. The molecule has 0 radical (unpaired) electrons. The summed E-state index contributed by atoms with van der Waals surface area (Å²) in [5.74, 6) is 0. The smallest absolute Gasteiger partial charge is 0.0361 e. The van der Waals surface area contributed by atoms with E-state index in [1.54, 1.807) is 11.1 Å². The Balaban J connectivity index is 2.09. The molecule has 0 N–H and O–H groups in total. The molecule has 1 aromatic rings. The van der Waals surface area contributed by atoms with Crippen molar-refractivity contribution in [1.82, 2.24) is 4.90 Å². The van der Waals surface area contributed by atoms with Crippen molar-refractivity contribution in [2.75, 3.05) is 0 Å². The quantitative estimate of drug-likeness (QED) is 0.652. The standard InChI is InChI=1S/C13H17N/c1-9(2)14-12-7-8-13(14)11-6-4-3-5-10(11)12/h3-6,9,12-13H,7-8H2,1-2H3. The molecule has 2 bridgehead atoms. The van der Waals surface area contributed by atoms with Crippen LogP contribution in [-0.4, -0.2) is 10.9 Å². The van der Waals surface area contributed by atoms with E-state index in [0.29, 0.717) is 6.04 Å². The molecule has 1 heteroatoms. The minimum atomic E-state index is 0.680. The molecule has 74 valence electrons. The summed E-state index contributed by atoms with van der Waals surface area (Å²) in [4.78, 5) is 2.69. The van der Waals surface area contributed by atoms with Gasteiger partial charge in [-0.25, -0.2) is 0 Å². The second kappa shape index (κ2) is 2.83. The van der Waals surface area contributed by atoms with Crippen LogP contribution in [0.1, 0.15) is 49.9 Å². The Morgan fingerprint density at radius 2 is 1.57 bits per heavy atom. The van der Waals surface area contributed by atoms with Crippen LogP contribution in [0.4, 0.5) is 0 Å². The molecule has 2 aliphatic rings. The van der Waals surface area contributed by atoms with Crippen LogP contribution in [0, 0.1) is 0 Å². The lowest BCUT2D eigenvalue weighted by atomic mass is 9.92. The number of hydrogen-bond acceptors (Lipinski definition) is 1. The number of benzene rings is 1. The Hall–Kier alpha value is -0.820. The molecular weight excluding hydrogens is 170 g/mol. The summed E-state index contributed by atoms with van der Waals surface area (Å²) in [6.45, 7) is 4.63. The Labute approximate surface area is 85.7 Å². The van der Waals surface area contributed by atoms with Crippen LogP contribution in [0.15, 0.2) is 24.3 Å². The molecule has 0 aliphatic carbocycles. The molecule has 1 saturated heterocycles. The Morgan fingerprint density at radius 3 is 2.00 bits per heavy atom. The summed E-state index contributed by atoms with van der Waals surface area (Å²) < 4.78 is 0. The van der Waals surface area contributed by atoms with Crippen molar-refractivity contribution in [3.63, 3.8) is 0 Å². The lowest BCUT2D eigenvalue weighted by molar-refractivity contribution is 0.174. The fourth-order valence-electron chi connectivity index (χ4n) is 3.30. The van der Waals surface area contributed by atoms with E-state index in [0.717, 1.165) is 12.1 Å². The third-order valence-electron chi connectivity index (χ3n) is 3.74. The van der Waals surface area contributed by atoms with Gasteiger partial charge in [0, 0.05) is 18.1 Å². The van der Waals surface area contributed by atoms with Crippen LogP contribution < -0.4 is 0 Å². The first kappa shape index (κ1) is 8.49. The summed E-state index contributed by atoms with van der Waals surface area (Å²) in [6, 6.07) is 11.1. The molecular formula is C13H17N. The average Bonchev–Trinajstić information content (AvgIpc) is 2.73. The maximum atomic E-state index is 2.69. The highest BCUT2D eigenvalue weighted by molar-refractivity contribution is 5.40. The molecule has 2 unspecified atom stereocenters. The van der Waals surface area contributed by atoms with E-state index in [2.05, 4.69) is 43.0 Å². The Bertz CT molecular complexity index is 325. The van der Waals surface area contributed by atoms with Gasteiger partial charge in [-0.1, -0.05) is 24.3 Å². The van der Waals surface area contributed by atoms with Crippen molar-refractivity contribution in [3.05, 3.63) is 35.4 Å². The van der Waals surface area contributed by atoms with E-state index in [1.807, 2.05) is 0 Å². The zero-order valence-electron chi connectivity index (χ0n) is 8.90. The number of fused-ring (bicyclic) bond motifs is 5. The van der Waals surface area contributed by atoms with E-state index in [1.165, 1.54) is 12.8 Å². The first-order valence-corrected chi connectivity index (χ1v) is 5.65. The van der Waals surface area contributed by atoms with Gasteiger partial charge in [-0.2, -0.15) is 0 Å². The molecule has 1 nitrogen and oxygen atoms in total. The van der Waals surface area contributed by atoms with Crippen LogP contribution in [0.25, 0.3) is 0 Å². The zero-order valence-corrected chi connectivity index (χ0v) is 8.90. The predicted octanol–water partition coefficient (Wildman–Crippen LogP) is 3.29. The molecule has 0 spiro atoms. The molecule has 0 saturated carbocycles. The van der Waals surface area contributed by atoms with Crippen molar-refractivity contribution in [3.8, 4) is 0 Å². The van der Waals surface area contributed by atoms with Crippen LogP contribution in [0.3, 0.4) is 0 Å². The first-order valence-electron chi connectivity index (χ1n) is 5.65. The van der Waals surface area contributed by atoms with Crippen molar-refractivity contribution in [1.29, 1.82) is 0 Å². The largest absolute Gasteiger partial charge is 0.287 e. The van der Waals surface area contributed by atoms with Crippen molar-refractivity contribution in [2.24, 2.45) is 0 Å². The fourth-order valence-corrected chi connectivity index (χ4v) is 3.30. The van der Waals surface area contributed by atoms with Crippen molar-refractivity contribution < 1.29 is 0 Å². The van der Waals surface area contributed by atoms with Gasteiger partial charge in [0.1, 0.15) is 0 Å². The Morgan fingerprint density at radius 1 is 1.07 bits per heavy atom. The van der Waals surface area contributed by atoms with Gasteiger partial charge in [0.25, 0.3) is 0 Å². The lowest BCUT2D eigenvalue weighted by Crippen LogP contribution is -2.27. The van der Waals surface area contributed by atoms with Gasteiger partial charge in [0.05, 0.1) is 0 Å². The van der Waals surface area contributed by atoms with E-state index < -0.39 is 0 Å². The average molecular weight is 187 g/mol. The fraction of sp³-hybridized carbons (Fsp3) is 0.538. The van der Waals surface area contributed by atoms with Crippen LogP contribution in [0.2, 0.25) is 0 Å². The minimum Gasteiger partial charge on any atom is -0.287 e. The SMILES string of the molecule is CC(C)N1C2CCC1c1ccccc12. The molecule has 2 aliphatic heterocycles. The molecule has 14 heavy (non-hydrogen) atoms. The van der Waals surface area contributed by atoms with Gasteiger partial charge in [0.15, 0.2) is 0 Å². The van der Waals surface area contributed by atoms with Gasteiger partial charge < -0.3 is 0 Å². The summed E-state index contributed by atoms with van der Waals surface area (Å²) >= 11 is 0. The predicted molar refractivity (Wildman–Crippen MR) is 58.1 cm³/mol. The monoisotopic (exact) mass is 187 g/mol. The van der Waals surface area contributed by atoms with Crippen LogP contribution >= 0.6 is 0 Å². The van der Waals surface area contributed by atoms with E-state index in [9.17, 15) is 0 Å². The summed E-state index contributed by atoms with van der Waals surface area (Å²) in [5, 5.41) is 0. The van der Waals surface area contributed by atoms with Crippen molar-refractivity contribution >= 4 is 0 Å². The van der Waals surface area contributed by atoms with Crippen molar-refractivity contribution in [2.45, 2.75) is 44.8 Å². The molecule has 0 aromatic heterocycles. The maximum Gasteiger partial charge on any atom is 0.0361 e. The highest BCUT2D eigenvalue weighted by Gasteiger charge is 2.44. The summed E-state index contributed by atoms with van der Waals surface area (Å²) in [7, 11) is 0. The third-order valence-corrected chi connectivity index (χ3v) is 3.74. The zero-order chi connectivity index (χ0) is 9.71. The number of rotatable bonds is 1. The van der Waals surface area contributed by atoms with Gasteiger partial charge in [-0.3, -0.25) is 4.90 Å². The maximum absolute atomic E-state index is 2.69. The number of hydrogen-bond donors (Lipinski definition) is 0. The van der Waals surface area contributed by atoms with Crippen LogP contribution in [0.5, 0.6) is 0 Å². The highest BCUT2D eigenvalue weighted by atomic mass is 15.3. The normalized spacial score (nSPS) is 29.9. The third kappa shape index (κ3) is 0.936. The van der Waals surface area contributed by atoms with Gasteiger partial charge in [-0.05, 0) is 37.8 Å². The molecule has 1 aromatic carbocycles. The molecule has 2 atom stereocenters. The Kier molecular flexibility index (Phi) is 1.72. The van der Waals surface area contributed by atoms with Crippen LogP contribution in [-0.2, 0) is 0 Å². The topological polar surface area (TPSA) is 3.24 Å². The number of nitrogens with zero attached hydrogens (tertiary/aromatic N) is 1. The van der Waals surface area contributed by atoms with Gasteiger partial charge in [-0.15, -0.1) is 0 Å². The van der Waals surface area contributed by atoms with E-state index >= 15 is 0 Å². The summed E-state index contributed by atoms with van der Waals surface area (Å²) in [6.07, 6.45) is 2.72. The molecule has 2 heterocycles. The first-order chi connectivity index (χ1) is 6.79. The van der Waals surface area contributed by atoms with E-state index in [-0.39, 0.29) is 0 Å². The second-order valence-electron chi connectivity index (χ2n) is 4.78. The van der Waals surface area contributed by atoms with Gasteiger partial charge >= 0.3 is 0 Å². The molecule has 1 fully saturated rings. The van der Waals surface area contributed by atoms with E-state index in [4.69, 9.17) is 0 Å². The lowest BCUT2D eigenvalue weighted by Gasteiger charge is -2.26. The summed E-state index contributed by atoms with van der Waals surface area (Å²) in [5.41, 5.74) is 3.19. The highest BCUT2D eigenvalue weighted by Crippen LogP contribution is 2.53.